The van der Waals surface area contributed by atoms with Gasteiger partial charge in [-0.25, -0.2) is 4.98 Å². The summed E-state index contributed by atoms with van der Waals surface area (Å²) in [5, 5.41) is 3.21. The number of nitrogens with zero attached hydrogens (tertiary/aromatic N) is 2. The Bertz CT molecular complexity index is 573. The van der Waals surface area contributed by atoms with Gasteiger partial charge in [-0.15, -0.1) is 11.3 Å². The third-order valence-electron chi connectivity index (χ3n) is 3.47. The van der Waals surface area contributed by atoms with Crippen LogP contribution < -0.4 is 5.32 Å². The van der Waals surface area contributed by atoms with Crippen LogP contribution in [0.25, 0.3) is 0 Å². The number of carbonyl (C=O) groups is 3. The quantitative estimate of drug-likeness (QED) is 0.687. The van der Waals surface area contributed by atoms with Crippen LogP contribution in [0.5, 0.6) is 0 Å². The van der Waals surface area contributed by atoms with E-state index in [1.807, 2.05) is 20.8 Å². The van der Waals surface area contributed by atoms with E-state index in [9.17, 15) is 14.4 Å². The van der Waals surface area contributed by atoms with Gasteiger partial charge in [0.2, 0.25) is 11.8 Å². The summed E-state index contributed by atoms with van der Waals surface area (Å²) in [5.41, 5.74) is 0. The summed E-state index contributed by atoms with van der Waals surface area (Å²) in [6.45, 7) is 7.67. The minimum absolute atomic E-state index is 0.0207. The molecule has 1 rings (SSSR count). The summed E-state index contributed by atoms with van der Waals surface area (Å²) in [5.74, 6) is -0.935. The standard InChI is InChI=1S/C16H25N3O4S/c1-5-11(3)19(14(21)7-8-15(22)23-6-2)10-13(20)18-16-17-9-12(4)24-16/h9,11H,5-8,10H2,1-4H3,(H,17,18,20). The van der Waals surface area contributed by atoms with Crippen molar-refractivity contribution in [3.05, 3.63) is 11.1 Å². The molecule has 0 bridgehead atoms. The van der Waals surface area contributed by atoms with Crippen LogP contribution in [0.15, 0.2) is 6.20 Å². The molecule has 7 nitrogen and oxygen atoms in total. The summed E-state index contributed by atoms with van der Waals surface area (Å²) in [6.07, 6.45) is 2.45. The summed E-state index contributed by atoms with van der Waals surface area (Å²) in [4.78, 5) is 42.5. The van der Waals surface area contributed by atoms with Gasteiger partial charge in [0.05, 0.1) is 13.0 Å². The Morgan fingerprint density at radius 1 is 1.33 bits per heavy atom. The fourth-order valence-corrected chi connectivity index (χ4v) is 2.70. The highest BCUT2D eigenvalue weighted by Crippen LogP contribution is 2.16. The van der Waals surface area contributed by atoms with Crippen LogP contribution in [-0.2, 0) is 19.1 Å². The van der Waals surface area contributed by atoms with E-state index in [1.54, 1.807) is 13.1 Å². The van der Waals surface area contributed by atoms with Crippen LogP contribution in [0, 0.1) is 6.92 Å². The number of carbonyl (C=O) groups excluding carboxylic acids is 3. The normalized spacial score (nSPS) is 11.7. The number of nitrogens with one attached hydrogen (secondary N) is 1. The number of hydrogen-bond donors (Lipinski definition) is 1. The Kier molecular flexibility index (Phi) is 8.39. The van der Waals surface area contributed by atoms with Crippen molar-refractivity contribution in [1.82, 2.24) is 9.88 Å². The Labute approximate surface area is 146 Å². The van der Waals surface area contributed by atoms with Gasteiger partial charge in [0.15, 0.2) is 5.13 Å². The zero-order valence-corrected chi connectivity index (χ0v) is 15.4. The van der Waals surface area contributed by atoms with Crippen molar-refractivity contribution in [2.24, 2.45) is 0 Å². The van der Waals surface area contributed by atoms with Gasteiger partial charge in [0.25, 0.3) is 0 Å². The van der Waals surface area contributed by atoms with E-state index < -0.39 is 5.97 Å². The van der Waals surface area contributed by atoms with E-state index in [0.29, 0.717) is 5.13 Å². The van der Waals surface area contributed by atoms with Crippen molar-refractivity contribution in [2.45, 2.75) is 53.0 Å². The van der Waals surface area contributed by atoms with Crippen molar-refractivity contribution >= 4 is 34.3 Å². The predicted octanol–water partition coefficient (Wildman–Crippen LogP) is 2.36. The van der Waals surface area contributed by atoms with Gasteiger partial charge >= 0.3 is 5.97 Å². The van der Waals surface area contributed by atoms with Crippen LogP contribution in [0.4, 0.5) is 5.13 Å². The minimum Gasteiger partial charge on any atom is -0.466 e. The van der Waals surface area contributed by atoms with Crippen molar-refractivity contribution in [3.63, 3.8) is 0 Å². The molecule has 1 aromatic rings. The summed E-state index contributed by atoms with van der Waals surface area (Å²) in [7, 11) is 0. The maximum atomic E-state index is 12.4. The SMILES string of the molecule is CCOC(=O)CCC(=O)N(CC(=O)Nc1ncc(C)s1)C(C)CC. The van der Waals surface area contributed by atoms with E-state index >= 15 is 0 Å². The average molecular weight is 355 g/mol. The largest absolute Gasteiger partial charge is 0.466 e. The molecule has 1 aromatic heterocycles. The van der Waals surface area contributed by atoms with Crippen LogP contribution in [0.3, 0.4) is 0 Å². The molecule has 0 spiro atoms. The highest BCUT2D eigenvalue weighted by molar-refractivity contribution is 7.15. The first-order valence-electron chi connectivity index (χ1n) is 8.04. The molecule has 1 atom stereocenters. The second kappa shape index (κ2) is 10.0. The number of amides is 2. The number of hydrogen-bond acceptors (Lipinski definition) is 6. The minimum atomic E-state index is -0.405. The third-order valence-corrected chi connectivity index (χ3v) is 4.30. The highest BCUT2D eigenvalue weighted by Gasteiger charge is 2.23. The Hall–Kier alpha value is -1.96. The molecule has 2 amide bonds. The first-order valence-corrected chi connectivity index (χ1v) is 8.86. The highest BCUT2D eigenvalue weighted by atomic mass is 32.1. The first-order chi connectivity index (χ1) is 11.4. The molecule has 0 aliphatic heterocycles. The van der Waals surface area contributed by atoms with Gasteiger partial charge in [-0.05, 0) is 27.2 Å². The molecule has 0 radical (unpaired) electrons. The lowest BCUT2D eigenvalue weighted by Crippen LogP contribution is -2.43. The molecule has 0 saturated heterocycles. The maximum absolute atomic E-state index is 12.4. The molecule has 0 aromatic carbocycles. The molecule has 24 heavy (non-hydrogen) atoms. The van der Waals surface area contributed by atoms with Crippen LogP contribution in [-0.4, -0.2) is 46.9 Å². The number of aryl methyl sites for hydroxylation is 1. The lowest BCUT2D eigenvalue weighted by atomic mass is 10.2. The van der Waals surface area contributed by atoms with Gasteiger partial charge in [0, 0.05) is 23.5 Å². The lowest BCUT2D eigenvalue weighted by molar-refractivity contribution is -0.146. The molecule has 0 saturated carbocycles. The van der Waals surface area contributed by atoms with Gasteiger partial charge < -0.3 is 15.0 Å². The molecule has 134 valence electrons. The monoisotopic (exact) mass is 355 g/mol. The molecular formula is C16H25N3O4S. The number of aromatic nitrogens is 1. The Morgan fingerprint density at radius 2 is 2.04 bits per heavy atom. The number of ether oxygens (including phenoxy) is 1. The van der Waals surface area contributed by atoms with E-state index in [-0.39, 0.29) is 43.8 Å². The Balaban J connectivity index is 2.62. The van der Waals surface area contributed by atoms with Crippen molar-refractivity contribution in [3.8, 4) is 0 Å². The molecule has 1 heterocycles. The van der Waals surface area contributed by atoms with Gasteiger partial charge in [-0.3, -0.25) is 14.4 Å². The van der Waals surface area contributed by atoms with E-state index in [4.69, 9.17) is 4.74 Å². The van der Waals surface area contributed by atoms with Crippen LogP contribution in [0.2, 0.25) is 0 Å². The van der Waals surface area contributed by atoms with Gasteiger partial charge in [-0.2, -0.15) is 0 Å². The van der Waals surface area contributed by atoms with E-state index in [2.05, 4.69) is 10.3 Å². The van der Waals surface area contributed by atoms with E-state index in [1.165, 1.54) is 16.2 Å². The summed E-state index contributed by atoms with van der Waals surface area (Å²) in [6, 6.07) is -0.0940. The molecule has 0 aliphatic carbocycles. The molecule has 0 aliphatic rings. The summed E-state index contributed by atoms with van der Waals surface area (Å²) < 4.78 is 4.83. The topological polar surface area (TPSA) is 88.6 Å². The fraction of sp³-hybridized carbons (Fsp3) is 0.625. The summed E-state index contributed by atoms with van der Waals surface area (Å²) >= 11 is 1.38. The van der Waals surface area contributed by atoms with Gasteiger partial charge in [0.1, 0.15) is 6.54 Å². The molecule has 1 N–H and O–H groups in total. The zero-order valence-electron chi connectivity index (χ0n) is 14.6. The average Bonchev–Trinajstić information content (AvgIpc) is 2.94. The molecule has 0 fully saturated rings. The second-order valence-electron chi connectivity index (χ2n) is 5.41. The fourth-order valence-electron chi connectivity index (χ4n) is 2.02. The zero-order chi connectivity index (χ0) is 18.1. The number of rotatable bonds is 9. The van der Waals surface area contributed by atoms with Crippen molar-refractivity contribution < 1.29 is 19.1 Å². The van der Waals surface area contributed by atoms with Crippen molar-refractivity contribution in [1.29, 1.82) is 0 Å². The molecule has 8 heteroatoms. The van der Waals surface area contributed by atoms with Crippen molar-refractivity contribution in [2.75, 3.05) is 18.5 Å². The smallest absolute Gasteiger partial charge is 0.306 e. The molecular weight excluding hydrogens is 330 g/mol. The third kappa shape index (κ3) is 6.66. The number of thiazole rings is 1. The van der Waals surface area contributed by atoms with Crippen LogP contribution >= 0.6 is 11.3 Å². The molecule has 1 unspecified atom stereocenters. The number of anilines is 1. The Morgan fingerprint density at radius 3 is 2.58 bits per heavy atom. The van der Waals surface area contributed by atoms with Crippen LogP contribution in [0.1, 0.15) is 44.9 Å². The van der Waals surface area contributed by atoms with Gasteiger partial charge in [-0.1, -0.05) is 6.92 Å². The first kappa shape index (κ1) is 20.1. The second-order valence-corrected chi connectivity index (χ2v) is 6.64. The van der Waals surface area contributed by atoms with E-state index in [0.717, 1.165) is 11.3 Å². The predicted molar refractivity (Wildman–Crippen MR) is 92.8 cm³/mol. The number of esters is 1. The lowest BCUT2D eigenvalue weighted by Gasteiger charge is -2.28. The maximum Gasteiger partial charge on any atom is 0.306 e.